The summed E-state index contributed by atoms with van der Waals surface area (Å²) in [4.78, 5) is 14.0. The number of carbonyl (C=O) groups excluding carboxylic acids is 1. The third-order valence-corrected chi connectivity index (χ3v) is 3.93. The van der Waals surface area contributed by atoms with Gasteiger partial charge in [-0.2, -0.15) is 11.8 Å². The van der Waals surface area contributed by atoms with E-state index in [9.17, 15) is 9.18 Å². The molecule has 0 radical (unpaired) electrons. The summed E-state index contributed by atoms with van der Waals surface area (Å²) in [5, 5.41) is 8.62. The lowest BCUT2D eigenvalue weighted by molar-refractivity contribution is 0.0739. The first kappa shape index (κ1) is 17.5. The van der Waals surface area contributed by atoms with Crippen LogP contribution in [-0.4, -0.2) is 47.6 Å². The van der Waals surface area contributed by atoms with Gasteiger partial charge in [-0.15, -0.1) is 0 Å². The second-order valence-electron chi connectivity index (χ2n) is 4.59. The second-order valence-corrected chi connectivity index (χ2v) is 5.50. The summed E-state index contributed by atoms with van der Waals surface area (Å²) < 4.78 is 14.1. The van der Waals surface area contributed by atoms with E-state index >= 15 is 0 Å². The first-order valence-electron chi connectivity index (χ1n) is 6.70. The van der Waals surface area contributed by atoms with Crippen molar-refractivity contribution < 1.29 is 14.3 Å². The van der Waals surface area contributed by atoms with E-state index in [1.54, 1.807) is 29.8 Å². The van der Waals surface area contributed by atoms with Crippen LogP contribution in [0.4, 0.5) is 4.39 Å². The lowest BCUT2D eigenvalue weighted by Crippen LogP contribution is -2.38. The van der Waals surface area contributed by atoms with Crippen LogP contribution in [0.2, 0.25) is 0 Å². The Morgan fingerprint density at radius 3 is 2.76 bits per heavy atom. The minimum absolute atomic E-state index is 0.0478. The van der Waals surface area contributed by atoms with E-state index in [-0.39, 0.29) is 24.1 Å². The molecule has 3 nitrogen and oxygen atoms in total. The zero-order valence-electron chi connectivity index (χ0n) is 12.5. The number of hydrogen-bond donors (Lipinski definition) is 1. The molecule has 0 saturated heterocycles. The Kier molecular flexibility index (Phi) is 7.27. The van der Waals surface area contributed by atoms with Crippen molar-refractivity contribution in [2.75, 3.05) is 25.7 Å². The minimum atomic E-state index is -0.587. The Morgan fingerprint density at radius 2 is 2.24 bits per heavy atom. The van der Waals surface area contributed by atoms with Gasteiger partial charge in [0.05, 0.1) is 5.56 Å². The molecule has 1 aromatic carbocycles. The van der Waals surface area contributed by atoms with Gasteiger partial charge in [-0.1, -0.05) is 18.8 Å². The number of aliphatic hydroxyl groups excluding tert-OH is 1. The molecule has 1 rings (SSSR count). The van der Waals surface area contributed by atoms with Crippen molar-refractivity contribution >= 4 is 17.7 Å². The van der Waals surface area contributed by atoms with Gasteiger partial charge in [-0.3, -0.25) is 4.79 Å². The fraction of sp³-hybridized carbons (Fsp3) is 0.438. The molecule has 0 aliphatic carbocycles. The molecule has 1 aromatic rings. The van der Waals surface area contributed by atoms with Crippen LogP contribution in [0.5, 0.6) is 0 Å². The van der Waals surface area contributed by atoms with Crippen LogP contribution in [0, 0.1) is 17.7 Å². The fourth-order valence-electron chi connectivity index (χ4n) is 1.96. The van der Waals surface area contributed by atoms with Crippen LogP contribution in [0.25, 0.3) is 0 Å². The first-order chi connectivity index (χ1) is 10.0. The summed E-state index contributed by atoms with van der Waals surface area (Å²) in [6.45, 7) is 1.73. The summed E-state index contributed by atoms with van der Waals surface area (Å²) in [6.07, 6.45) is 2.81. The highest BCUT2D eigenvalue weighted by Crippen LogP contribution is 2.16. The highest BCUT2D eigenvalue weighted by molar-refractivity contribution is 7.98. The Labute approximate surface area is 129 Å². The Bertz CT molecular complexity index is 551. The normalized spacial score (nSPS) is 11.5. The van der Waals surface area contributed by atoms with Crippen molar-refractivity contribution in [3.63, 3.8) is 0 Å². The molecule has 5 heteroatoms. The molecule has 0 saturated carbocycles. The van der Waals surface area contributed by atoms with Crippen LogP contribution in [0.3, 0.4) is 0 Å². The van der Waals surface area contributed by atoms with Gasteiger partial charge in [0.15, 0.2) is 0 Å². The van der Waals surface area contributed by atoms with Gasteiger partial charge >= 0.3 is 0 Å². The van der Waals surface area contributed by atoms with E-state index in [0.29, 0.717) is 5.56 Å². The van der Waals surface area contributed by atoms with Crippen LogP contribution in [0.1, 0.15) is 29.3 Å². The van der Waals surface area contributed by atoms with Crippen molar-refractivity contribution in [3.8, 4) is 11.8 Å². The van der Waals surface area contributed by atoms with E-state index in [4.69, 9.17) is 5.11 Å². The maximum Gasteiger partial charge on any atom is 0.256 e. The second kappa shape index (κ2) is 8.71. The molecule has 1 atom stereocenters. The number of thioether (sulfide) groups is 1. The van der Waals surface area contributed by atoms with Gasteiger partial charge in [-0.05, 0) is 30.9 Å². The van der Waals surface area contributed by atoms with Crippen LogP contribution in [0.15, 0.2) is 18.2 Å². The molecule has 114 valence electrons. The molecular weight excluding hydrogens is 289 g/mol. The number of halogens is 1. The fourth-order valence-corrected chi connectivity index (χ4v) is 2.80. The molecule has 1 amide bonds. The SMILES string of the molecule is CCC(CSC)N(C)C(=O)c1ccc(C#CCO)cc1F. The smallest absolute Gasteiger partial charge is 0.256 e. The summed E-state index contributed by atoms with van der Waals surface area (Å²) in [6, 6.07) is 4.34. The number of hydrogen-bond acceptors (Lipinski definition) is 3. The average molecular weight is 309 g/mol. The van der Waals surface area contributed by atoms with E-state index in [2.05, 4.69) is 11.8 Å². The first-order valence-corrected chi connectivity index (χ1v) is 8.09. The predicted octanol–water partition coefficient (Wildman–Crippen LogP) is 2.38. The zero-order chi connectivity index (χ0) is 15.8. The summed E-state index contributed by atoms with van der Waals surface area (Å²) in [5.41, 5.74) is 0.489. The topological polar surface area (TPSA) is 40.5 Å². The number of rotatable bonds is 5. The standard InChI is InChI=1S/C16H20FNO2S/c1-4-13(11-21-3)18(2)16(20)14-8-7-12(6-5-9-19)10-15(14)17/h7-8,10,13,19H,4,9,11H2,1-3H3. The molecule has 1 unspecified atom stereocenters. The molecule has 0 aromatic heterocycles. The van der Waals surface area contributed by atoms with Crippen molar-refractivity contribution in [1.29, 1.82) is 0 Å². The minimum Gasteiger partial charge on any atom is -0.384 e. The number of carbonyl (C=O) groups is 1. The molecule has 0 heterocycles. The van der Waals surface area contributed by atoms with Crippen molar-refractivity contribution in [2.45, 2.75) is 19.4 Å². The van der Waals surface area contributed by atoms with E-state index < -0.39 is 5.82 Å². The van der Waals surface area contributed by atoms with E-state index in [1.807, 2.05) is 13.2 Å². The number of benzene rings is 1. The Hall–Kier alpha value is -1.51. The van der Waals surface area contributed by atoms with E-state index in [0.717, 1.165) is 12.2 Å². The zero-order valence-corrected chi connectivity index (χ0v) is 13.3. The monoisotopic (exact) mass is 309 g/mol. The lowest BCUT2D eigenvalue weighted by Gasteiger charge is -2.27. The van der Waals surface area contributed by atoms with Gasteiger partial charge in [0.2, 0.25) is 0 Å². The molecule has 0 bridgehead atoms. The van der Waals surface area contributed by atoms with Crippen LogP contribution in [-0.2, 0) is 0 Å². The summed E-state index contributed by atoms with van der Waals surface area (Å²) in [7, 11) is 1.70. The number of nitrogens with zero attached hydrogens (tertiary/aromatic N) is 1. The highest BCUT2D eigenvalue weighted by atomic mass is 32.2. The van der Waals surface area contributed by atoms with Gasteiger partial charge in [-0.25, -0.2) is 4.39 Å². The van der Waals surface area contributed by atoms with Crippen molar-refractivity contribution in [3.05, 3.63) is 35.1 Å². The molecule has 21 heavy (non-hydrogen) atoms. The number of amides is 1. The van der Waals surface area contributed by atoms with Gasteiger partial charge < -0.3 is 10.0 Å². The lowest BCUT2D eigenvalue weighted by atomic mass is 10.1. The summed E-state index contributed by atoms with van der Waals surface area (Å²) in [5.74, 6) is 4.97. The molecule has 1 N–H and O–H groups in total. The quantitative estimate of drug-likeness (QED) is 0.849. The molecule has 0 aliphatic heterocycles. The van der Waals surface area contributed by atoms with Crippen LogP contribution < -0.4 is 0 Å². The maximum absolute atomic E-state index is 14.1. The summed E-state index contributed by atoms with van der Waals surface area (Å²) >= 11 is 1.66. The molecule has 0 fully saturated rings. The Balaban J connectivity index is 2.96. The molecule has 0 spiro atoms. The van der Waals surface area contributed by atoms with Gasteiger partial charge in [0.25, 0.3) is 5.91 Å². The maximum atomic E-state index is 14.1. The highest BCUT2D eigenvalue weighted by Gasteiger charge is 2.21. The van der Waals surface area contributed by atoms with Crippen LogP contribution >= 0.6 is 11.8 Å². The van der Waals surface area contributed by atoms with Crippen molar-refractivity contribution in [2.24, 2.45) is 0 Å². The third kappa shape index (κ3) is 4.76. The molecular formula is C16H20FNO2S. The van der Waals surface area contributed by atoms with E-state index in [1.165, 1.54) is 12.1 Å². The average Bonchev–Trinajstić information content (AvgIpc) is 2.49. The largest absolute Gasteiger partial charge is 0.384 e. The Morgan fingerprint density at radius 1 is 1.52 bits per heavy atom. The third-order valence-electron chi connectivity index (χ3n) is 3.21. The van der Waals surface area contributed by atoms with Gasteiger partial charge in [0.1, 0.15) is 12.4 Å². The van der Waals surface area contributed by atoms with Crippen molar-refractivity contribution in [1.82, 2.24) is 4.90 Å². The van der Waals surface area contributed by atoms with Gasteiger partial charge in [0, 0.05) is 24.4 Å². The molecule has 0 aliphatic rings. The predicted molar refractivity (Wildman–Crippen MR) is 84.9 cm³/mol. The number of aliphatic hydroxyl groups is 1.